The van der Waals surface area contributed by atoms with Crippen LogP contribution in [-0.2, 0) is 18.9 Å². The lowest BCUT2D eigenvalue weighted by Crippen LogP contribution is -2.63. The largest absolute Gasteiger partial charge is 0.396 e. The highest BCUT2D eigenvalue weighted by Gasteiger charge is 2.49. The van der Waals surface area contributed by atoms with Gasteiger partial charge in [-0.3, -0.25) is 0 Å². The van der Waals surface area contributed by atoms with Crippen LogP contribution in [0, 0.1) is 23.7 Å². The van der Waals surface area contributed by atoms with Crippen LogP contribution in [0.2, 0.25) is 0 Å². The van der Waals surface area contributed by atoms with Crippen molar-refractivity contribution in [1.82, 2.24) is 0 Å². The van der Waals surface area contributed by atoms with Crippen molar-refractivity contribution in [2.75, 3.05) is 26.4 Å². The third-order valence-corrected chi connectivity index (χ3v) is 5.72. The second-order valence-corrected chi connectivity index (χ2v) is 8.43. The molecule has 0 radical (unpaired) electrons. The van der Waals surface area contributed by atoms with Gasteiger partial charge in [0, 0.05) is 6.61 Å². The molecule has 0 spiro atoms. The van der Waals surface area contributed by atoms with E-state index in [1.807, 2.05) is 0 Å². The van der Waals surface area contributed by atoms with Crippen molar-refractivity contribution in [2.45, 2.75) is 80.7 Å². The van der Waals surface area contributed by atoms with E-state index in [0.29, 0.717) is 12.8 Å². The molecule has 0 aliphatic carbocycles. The molecule has 2 aliphatic rings. The number of aliphatic hydroxyl groups excluding tert-OH is 8. The van der Waals surface area contributed by atoms with Crippen LogP contribution in [0.1, 0.15) is 19.3 Å². The highest BCUT2D eigenvalue weighted by atomic mass is 16.8. The fourth-order valence-corrected chi connectivity index (χ4v) is 3.67. The summed E-state index contributed by atoms with van der Waals surface area (Å²) in [5.74, 6) is 10.6. The van der Waals surface area contributed by atoms with Gasteiger partial charge in [-0.1, -0.05) is 24.0 Å². The molecule has 2 fully saturated rings. The molecule has 2 saturated heterocycles. The maximum Gasteiger partial charge on any atom is 0.187 e. The molecule has 0 amide bonds. The van der Waals surface area contributed by atoms with Crippen molar-refractivity contribution in [3.05, 3.63) is 24.3 Å². The van der Waals surface area contributed by atoms with E-state index in [1.165, 1.54) is 12.2 Å². The van der Waals surface area contributed by atoms with E-state index in [-0.39, 0.29) is 26.2 Å². The van der Waals surface area contributed by atoms with Crippen molar-refractivity contribution in [2.24, 2.45) is 0 Å². The molecule has 0 aromatic heterocycles. The van der Waals surface area contributed by atoms with Gasteiger partial charge in [-0.05, 0) is 43.3 Å². The van der Waals surface area contributed by atoms with Crippen LogP contribution >= 0.6 is 0 Å². The molecule has 0 saturated carbocycles. The van der Waals surface area contributed by atoms with Crippen LogP contribution in [-0.4, -0.2) is 129 Å². The minimum Gasteiger partial charge on any atom is -0.396 e. The second kappa shape index (κ2) is 16.9. The Hall–Kier alpha value is -1.88. The first-order valence-electron chi connectivity index (χ1n) is 12.0. The molecule has 208 valence electrons. The third-order valence-electron chi connectivity index (χ3n) is 5.72. The fraction of sp³-hybridized carbons (Fsp3) is 0.680. The molecule has 12 nitrogen and oxygen atoms in total. The van der Waals surface area contributed by atoms with Crippen LogP contribution in [0.3, 0.4) is 0 Å². The topological polar surface area (TPSA) is 199 Å². The van der Waals surface area contributed by atoms with E-state index < -0.39 is 68.0 Å². The van der Waals surface area contributed by atoms with Crippen LogP contribution in [0.15, 0.2) is 24.3 Å². The van der Waals surface area contributed by atoms with E-state index in [0.717, 1.165) is 0 Å². The third kappa shape index (κ3) is 9.74. The summed E-state index contributed by atoms with van der Waals surface area (Å²) >= 11 is 0. The SMILES string of the molecule is OC/C=C/C#CC#C/C=C/CCC(CCO)O[C@@H]1O[C@H](CO)[C@@H](O)[C@H](O)[C@H]1O[C@@H]1OC[C@H](O)[C@H](O)[C@H]1O. The molecular weight excluding hydrogens is 492 g/mol. The number of rotatable bonds is 11. The molecule has 12 heteroatoms. The number of aliphatic hydroxyl groups is 8. The molecule has 10 atom stereocenters. The number of hydrogen-bond donors (Lipinski definition) is 8. The molecule has 37 heavy (non-hydrogen) atoms. The van der Waals surface area contributed by atoms with E-state index >= 15 is 0 Å². The van der Waals surface area contributed by atoms with E-state index in [1.54, 1.807) is 12.2 Å². The predicted molar refractivity (Wildman–Crippen MR) is 127 cm³/mol. The summed E-state index contributed by atoms with van der Waals surface area (Å²) in [4.78, 5) is 0. The highest BCUT2D eigenvalue weighted by Crippen LogP contribution is 2.29. The number of ether oxygens (including phenoxy) is 4. The molecule has 2 aliphatic heterocycles. The van der Waals surface area contributed by atoms with E-state index in [2.05, 4.69) is 23.7 Å². The summed E-state index contributed by atoms with van der Waals surface area (Å²) in [5.41, 5.74) is 0. The number of allylic oxidation sites excluding steroid dienone is 3. The minimum absolute atomic E-state index is 0.0956. The van der Waals surface area contributed by atoms with Gasteiger partial charge in [0.15, 0.2) is 12.6 Å². The van der Waals surface area contributed by atoms with Gasteiger partial charge in [0.2, 0.25) is 0 Å². The zero-order valence-corrected chi connectivity index (χ0v) is 20.2. The maximum absolute atomic E-state index is 10.7. The zero-order chi connectivity index (χ0) is 27.2. The summed E-state index contributed by atoms with van der Waals surface area (Å²) in [6, 6.07) is 0. The van der Waals surface area contributed by atoms with Crippen LogP contribution in [0.5, 0.6) is 0 Å². The Labute approximate surface area is 215 Å². The fourth-order valence-electron chi connectivity index (χ4n) is 3.67. The summed E-state index contributed by atoms with van der Waals surface area (Å²) in [6.07, 6.45) is -6.24. The molecule has 2 heterocycles. The molecule has 1 unspecified atom stereocenters. The van der Waals surface area contributed by atoms with Crippen LogP contribution in [0.25, 0.3) is 0 Å². The molecule has 0 aromatic carbocycles. The predicted octanol–water partition coefficient (Wildman–Crippen LogP) is -3.09. The lowest BCUT2D eigenvalue weighted by Gasteiger charge is -2.45. The number of hydrogen-bond acceptors (Lipinski definition) is 12. The lowest BCUT2D eigenvalue weighted by atomic mass is 9.98. The van der Waals surface area contributed by atoms with Crippen LogP contribution < -0.4 is 0 Å². The Morgan fingerprint density at radius 2 is 1.54 bits per heavy atom. The Morgan fingerprint density at radius 1 is 0.838 bits per heavy atom. The van der Waals surface area contributed by atoms with Crippen molar-refractivity contribution in [3.63, 3.8) is 0 Å². The molecule has 8 N–H and O–H groups in total. The van der Waals surface area contributed by atoms with Gasteiger partial charge in [0.05, 0.1) is 25.9 Å². The molecule has 2 rings (SSSR count). The van der Waals surface area contributed by atoms with E-state index in [4.69, 9.17) is 24.1 Å². The van der Waals surface area contributed by atoms with Crippen molar-refractivity contribution in [3.8, 4) is 23.7 Å². The van der Waals surface area contributed by atoms with Gasteiger partial charge in [0.25, 0.3) is 0 Å². The monoisotopic (exact) mass is 528 g/mol. The zero-order valence-electron chi connectivity index (χ0n) is 20.2. The quantitative estimate of drug-likeness (QED) is 0.126. The average molecular weight is 529 g/mol. The standard InChI is InChI=1S/C25H36O12/c26-12-9-7-5-3-1-2-4-6-8-10-16(11-13-27)35-25-23(21(32)20(31)18(14-28)36-25)37-24-22(33)19(30)17(29)15-34-24/h4,6-7,9,16-33H,8,10-15H2/b6-4+,9-7+/t16?,17-,18+,19-,20+,21-,22+,23+,24-,25+/m0/s1. The van der Waals surface area contributed by atoms with Gasteiger partial charge >= 0.3 is 0 Å². The van der Waals surface area contributed by atoms with Crippen molar-refractivity contribution in [1.29, 1.82) is 0 Å². The van der Waals surface area contributed by atoms with Gasteiger partial charge in [-0.2, -0.15) is 0 Å². The summed E-state index contributed by atoms with van der Waals surface area (Å²) < 4.78 is 22.4. The summed E-state index contributed by atoms with van der Waals surface area (Å²) in [7, 11) is 0. The van der Waals surface area contributed by atoms with Gasteiger partial charge in [0.1, 0.15) is 42.7 Å². The lowest BCUT2D eigenvalue weighted by molar-refractivity contribution is -0.362. The Morgan fingerprint density at radius 3 is 2.19 bits per heavy atom. The molecular formula is C25H36O12. The maximum atomic E-state index is 10.7. The highest BCUT2D eigenvalue weighted by molar-refractivity contribution is 5.33. The van der Waals surface area contributed by atoms with E-state index in [9.17, 15) is 35.7 Å². The first-order chi connectivity index (χ1) is 17.8. The smallest absolute Gasteiger partial charge is 0.187 e. The van der Waals surface area contributed by atoms with Gasteiger partial charge < -0.3 is 59.8 Å². The van der Waals surface area contributed by atoms with Gasteiger partial charge in [-0.25, -0.2) is 0 Å². The Kier molecular flexibility index (Phi) is 14.3. The normalized spacial score (nSPS) is 35.1. The average Bonchev–Trinajstić information content (AvgIpc) is 2.89. The molecule has 0 aromatic rings. The summed E-state index contributed by atoms with van der Waals surface area (Å²) in [5, 5.41) is 78.4. The van der Waals surface area contributed by atoms with Crippen molar-refractivity contribution >= 4 is 0 Å². The van der Waals surface area contributed by atoms with Crippen molar-refractivity contribution < 1.29 is 59.8 Å². The second-order valence-electron chi connectivity index (χ2n) is 8.43. The minimum atomic E-state index is -1.65. The molecule has 0 bridgehead atoms. The summed E-state index contributed by atoms with van der Waals surface area (Å²) in [6.45, 7) is -1.27. The first-order valence-corrected chi connectivity index (χ1v) is 12.0. The Bertz CT molecular complexity index is 840. The Balaban J connectivity index is 2.04. The van der Waals surface area contributed by atoms with Crippen LogP contribution in [0.4, 0.5) is 0 Å². The van der Waals surface area contributed by atoms with Gasteiger partial charge in [-0.15, -0.1) is 0 Å². The first kappa shape index (κ1) is 31.3.